The molecule has 22 heavy (non-hydrogen) atoms. The van der Waals surface area contributed by atoms with Crippen LogP contribution in [0, 0.1) is 0 Å². The molecule has 1 aromatic heterocycles. The van der Waals surface area contributed by atoms with Crippen LogP contribution in [0.1, 0.15) is 44.9 Å². The minimum absolute atomic E-state index is 0.236. The van der Waals surface area contributed by atoms with E-state index in [0.29, 0.717) is 5.56 Å². The minimum atomic E-state index is -0.431. The van der Waals surface area contributed by atoms with Gasteiger partial charge in [-0.3, -0.25) is 19.3 Å². The van der Waals surface area contributed by atoms with Gasteiger partial charge < -0.3 is 5.32 Å². The fraction of sp³-hybridized carbons (Fsp3) is 0.214. The van der Waals surface area contributed by atoms with Crippen molar-refractivity contribution < 1.29 is 14.4 Å². The average Bonchev–Trinajstić information content (AvgIpc) is 3.06. The molecule has 0 spiro atoms. The van der Waals surface area contributed by atoms with Gasteiger partial charge in [0.25, 0.3) is 17.7 Å². The summed E-state index contributed by atoms with van der Waals surface area (Å²) in [7, 11) is 0. The fourth-order valence-electron chi connectivity index (χ4n) is 2.32. The number of anilines is 1. The smallest absolute Gasteiger partial charge is 0.261 e. The molecule has 112 valence electrons. The number of carbonyl (C=O) groups is 3. The second-order valence-corrected chi connectivity index (χ2v) is 5.14. The van der Waals surface area contributed by atoms with Crippen LogP contribution in [0.5, 0.6) is 0 Å². The number of aromatic nitrogens is 3. The van der Waals surface area contributed by atoms with Crippen LogP contribution in [-0.4, -0.2) is 44.1 Å². The summed E-state index contributed by atoms with van der Waals surface area (Å²) in [4.78, 5) is 37.8. The van der Waals surface area contributed by atoms with Crippen LogP contribution in [0.3, 0.4) is 0 Å². The normalized spacial score (nSPS) is 13.7. The van der Waals surface area contributed by atoms with E-state index in [2.05, 4.69) is 20.7 Å². The molecule has 1 aliphatic rings. The van der Waals surface area contributed by atoms with Crippen LogP contribution in [0.25, 0.3) is 0 Å². The Morgan fingerprint density at radius 2 is 1.95 bits per heavy atom. The van der Waals surface area contributed by atoms with Crippen LogP contribution >= 0.6 is 0 Å². The van der Waals surface area contributed by atoms with Crippen LogP contribution < -0.4 is 5.32 Å². The lowest BCUT2D eigenvalue weighted by molar-refractivity contribution is 0.0609. The highest BCUT2D eigenvalue weighted by molar-refractivity contribution is 6.22. The lowest BCUT2D eigenvalue weighted by Crippen LogP contribution is -2.35. The predicted octanol–water partition coefficient (Wildman–Crippen LogP) is 1.06. The molecular formula is C14H13N5O3. The van der Waals surface area contributed by atoms with Gasteiger partial charge in [0, 0.05) is 11.6 Å². The molecule has 0 fully saturated rings. The van der Waals surface area contributed by atoms with E-state index < -0.39 is 5.91 Å². The maximum atomic E-state index is 12.3. The second-order valence-electron chi connectivity index (χ2n) is 5.14. The number of amides is 3. The number of hydrogen-bond donors (Lipinski definition) is 2. The number of H-pyrrole nitrogens is 1. The number of rotatable bonds is 3. The summed E-state index contributed by atoms with van der Waals surface area (Å²) in [5.41, 5.74) is 0.830. The van der Waals surface area contributed by atoms with Crippen molar-refractivity contribution in [2.45, 2.75) is 19.9 Å². The molecule has 0 radical (unpaired) electrons. The Kier molecular flexibility index (Phi) is 3.21. The summed E-state index contributed by atoms with van der Waals surface area (Å²) in [6.45, 7) is 3.53. The Balaban J connectivity index is 1.91. The lowest BCUT2D eigenvalue weighted by atomic mass is 10.1. The van der Waals surface area contributed by atoms with Crippen molar-refractivity contribution in [3.63, 3.8) is 0 Å². The monoisotopic (exact) mass is 299 g/mol. The van der Waals surface area contributed by atoms with Gasteiger partial charge >= 0.3 is 0 Å². The maximum Gasteiger partial charge on any atom is 0.261 e. The quantitative estimate of drug-likeness (QED) is 0.824. The molecule has 2 heterocycles. The number of fused-ring (bicyclic) bond motifs is 1. The third kappa shape index (κ3) is 2.14. The molecule has 0 bridgehead atoms. The van der Waals surface area contributed by atoms with Crippen LogP contribution in [0.4, 0.5) is 5.82 Å². The topological polar surface area (TPSA) is 108 Å². The van der Waals surface area contributed by atoms with Gasteiger partial charge in [0.1, 0.15) is 0 Å². The van der Waals surface area contributed by atoms with Gasteiger partial charge in [0.15, 0.2) is 5.82 Å². The lowest BCUT2D eigenvalue weighted by Gasteiger charge is -2.17. The largest absolute Gasteiger partial charge is 0.304 e. The second kappa shape index (κ2) is 5.06. The van der Waals surface area contributed by atoms with Gasteiger partial charge in [0.05, 0.1) is 17.3 Å². The standard InChI is InChI=1S/C14H13N5O3/c1-7(2)19-13(21)9-4-3-8(5-10(9)14(19)22)12(20)16-11-6-15-18-17-11/h3-7H,1-2H3,(H2,15,16,17,18,20). The first-order chi connectivity index (χ1) is 10.5. The van der Waals surface area contributed by atoms with Gasteiger partial charge in [-0.1, -0.05) is 0 Å². The summed E-state index contributed by atoms with van der Waals surface area (Å²) >= 11 is 0. The molecule has 2 aromatic rings. The number of hydrogen-bond acceptors (Lipinski definition) is 5. The zero-order valence-electron chi connectivity index (χ0n) is 12.0. The Morgan fingerprint density at radius 1 is 1.23 bits per heavy atom. The molecule has 8 nitrogen and oxygen atoms in total. The Bertz CT molecular complexity index is 767. The molecule has 0 atom stereocenters. The zero-order chi connectivity index (χ0) is 15.9. The molecule has 2 N–H and O–H groups in total. The Hall–Kier alpha value is -3.03. The molecule has 0 saturated carbocycles. The summed E-state index contributed by atoms with van der Waals surface area (Å²) < 4.78 is 0. The third-order valence-corrected chi connectivity index (χ3v) is 3.35. The number of benzene rings is 1. The number of imide groups is 1. The van der Waals surface area contributed by atoms with E-state index in [4.69, 9.17) is 0 Å². The van der Waals surface area contributed by atoms with Crippen LogP contribution in [-0.2, 0) is 0 Å². The predicted molar refractivity (Wildman–Crippen MR) is 76.4 cm³/mol. The highest BCUT2D eigenvalue weighted by Crippen LogP contribution is 2.25. The summed E-state index contributed by atoms with van der Waals surface area (Å²) in [5.74, 6) is -0.874. The van der Waals surface area contributed by atoms with Crippen LogP contribution in [0.2, 0.25) is 0 Å². The van der Waals surface area contributed by atoms with Crippen molar-refractivity contribution in [3.8, 4) is 0 Å². The van der Waals surface area contributed by atoms with Gasteiger partial charge in [0.2, 0.25) is 0 Å². The van der Waals surface area contributed by atoms with Crippen molar-refractivity contribution >= 4 is 23.5 Å². The van der Waals surface area contributed by atoms with Crippen molar-refractivity contribution in [2.75, 3.05) is 5.32 Å². The van der Waals surface area contributed by atoms with E-state index in [9.17, 15) is 14.4 Å². The highest BCUT2D eigenvalue weighted by atomic mass is 16.2. The van der Waals surface area contributed by atoms with Gasteiger partial charge in [-0.2, -0.15) is 10.3 Å². The molecular weight excluding hydrogens is 286 g/mol. The molecule has 1 aliphatic heterocycles. The number of nitrogens with one attached hydrogen (secondary N) is 2. The van der Waals surface area contributed by atoms with Crippen molar-refractivity contribution in [1.82, 2.24) is 20.3 Å². The minimum Gasteiger partial charge on any atom is -0.304 e. The fourth-order valence-corrected chi connectivity index (χ4v) is 2.32. The van der Waals surface area contributed by atoms with Crippen LogP contribution in [0.15, 0.2) is 24.4 Å². The highest BCUT2D eigenvalue weighted by Gasteiger charge is 2.37. The first kappa shape index (κ1) is 13.9. The molecule has 0 aliphatic carbocycles. The summed E-state index contributed by atoms with van der Waals surface area (Å²) in [6, 6.07) is 4.19. The number of aromatic amines is 1. The molecule has 1 aromatic carbocycles. The molecule has 0 saturated heterocycles. The third-order valence-electron chi connectivity index (χ3n) is 3.35. The summed E-state index contributed by atoms with van der Waals surface area (Å²) in [6.07, 6.45) is 1.36. The zero-order valence-corrected chi connectivity index (χ0v) is 12.0. The summed E-state index contributed by atoms with van der Waals surface area (Å²) in [5, 5.41) is 12.2. The van der Waals surface area contributed by atoms with E-state index in [1.54, 1.807) is 13.8 Å². The molecule has 8 heteroatoms. The van der Waals surface area contributed by atoms with Crippen molar-refractivity contribution in [2.24, 2.45) is 0 Å². The molecule has 0 unspecified atom stereocenters. The Morgan fingerprint density at radius 3 is 2.59 bits per heavy atom. The number of nitrogens with zero attached hydrogens (tertiary/aromatic N) is 3. The van der Waals surface area contributed by atoms with Gasteiger partial charge in [-0.05, 0) is 32.0 Å². The molecule has 3 amide bonds. The van der Waals surface area contributed by atoms with Gasteiger partial charge in [-0.15, -0.1) is 5.10 Å². The maximum absolute atomic E-state index is 12.3. The first-order valence-corrected chi connectivity index (χ1v) is 6.68. The van der Waals surface area contributed by atoms with E-state index in [-0.39, 0.29) is 34.8 Å². The Labute approximate surface area is 125 Å². The van der Waals surface area contributed by atoms with Crippen molar-refractivity contribution in [3.05, 3.63) is 41.1 Å². The van der Waals surface area contributed by atoms with Gasteiger partial charge in [-0.25, -0.2) is 0 Å². The van der Waals surface area contributed by atoms with E-state index in [1.165, 1.54) is 29.3 Å². The van der Waals surface area contributed by atoms with E-state index >= 15 is 0 Å². The SMILES string of the molecule is CC(C)N1C(=O)c2ccc(C(=O)Nc3cn[nH]n3)cc2C1=O. The van der Waals surface area contributed by atoms with Crippen molar-refractivity contribution in [1.29, 1.82) is 0 Å². The first-order valence-electron chi connectivity index (χ1n) is 6.68. The van der Waals surface area contributed by atoms with E-state index in [1.807, 2.05) is 0 Å². The van der Waals surface area contributed by atoms with E-state index in [0.717, 1.165) is 0 Å². The molecule has 3 rings (SSSR count). The number of carbonyl (C=O) groups excluding carboxylic acids is 3. The average molecular weight is 299 g/mol.